The summed E-state index contributed by atoms with van der Waals surface area (Å²) in [6.45, 7) is 0.0235. The van der Waals surface area contributed by atoms with Crippen LogP contribution in [0.2, 0.25) is 0 Å². The predicted octanol–water partition coefficient (Wildman–Crippen LogP) is 5.35. The highest BCUT2D eigenvalue weighted by Crippen LogP contribution is 2.33. The highest BCUT2D eigenvalue weighted by atomic mass is 19.4. The van der Waals surface area contributed by atoms with Gasteiger partial charge in [0, 0.05) is 24.2 Å². The van der Waals surface area contributed by atoms with Gasteiger partial charge < -0.3 is 10.3 Å². The number of aromatic amines is 1. The van der Waals surface area contributed by atoms with Crippen LogP contribution in [-0.4, -0.2) is 40.6 Å². The molecular formula is C27H22F4N8O. The fourth-order valence-corrected chi connectivity index (χ4v) is 4.90. The molecule has 40 heavy (non-hydrogen) atoms. The second-order valence-electron chi connectivity index (χ2n) is 9.63. The van der Waals surface area contributed by atoms with Crippen LogP contribution < -0.4 is 5.32 Å². The van der Waals surface area contributed by atoms with Crippen LogP contribution in [0.4, 0.5) is 17.6 Å². The van der Waals surface area contributed by atoms with Crippen molar-refractivity contribution >= 4 is 17.1 Å². The molecule has 0 radical (unpaired) electrons. The first kappa shape index (κ1) is 25.6. The summed E-state index contributed by atoms with van der Waals surface area (Å²) in [6, 6.07) is 6.42. The van der Waals surface area contributed by atoms with Gasteiger partial charge in [-0.1, -0.05) is 12.8 Å². The summed E-state index contributed by atoms with van der Waals surface area (Å²) >= 11 is 0. The lowest BCUT2D eigenvalue weighted by Crippen LogP contribution is -2.24. The van der Waals surface area contributed by atoms with E-state index in [-0.39, 0.29) is 12.2 Å². The lowest BCUT2D eigenvalue weighted by molar-refractivity contribution is -0.141. The number of nitrogens with one attached hydrogen (secondary N) is 2. The maximum Gasteiger partial charge on any atom is 0.433 e. The SMILES string of the molecule is O=C(NCc1cc(F)cc(-c2cnn(-c3ccc(C(F)(F)F)nc3)c2)c1)c1ncnc2nc(C3CCCC3)[nH]c12. The number of carbonyl (C=O) groups is 1. The number of aromatic nitrogens is 7. The topological polar surface area (TPSA) is 114 Å². The lowest BCUT2D eigenvalue weighted by Gasteiger charge is -2.08. The molecule has 1 amide bonds. The number of hydrogen-bond donors (Lipinski definition) is 2. The third-order valence-corrected chi connectivity index (χ3v) is 6.89. The van der Waals surface area contributed by atoms with Crippen molar-refractivity contribution in [3.8, 4) is 16.8 Å². The number of imidazole rings is 1. The van der Waals surface area contributed by atoms with Crippen molar-refractivity contribution in [2.75, 3.05) is 0 Å². The molecule has 4 aromatic heterocycles. The van der Waals surface area contributed by atoms with Crippen LogP contribution in [-0.2, 0) is 12.7 Å². The zero-order chi connectivity index (χ0) is 27.9. The molecule has 0 atom stereocenters. The Hall–Kier alpha value is -4.68. The summed E-state index contributed by atoms with van der Waals surface area (Å²) in [5.41, 5.74) is 1.86. The summed E-state index contributed by atoms with van der Waals surface area (Å²) in [7, 11) is 0. The summed E-state index contributed by atoms with van der Waals surface area (Å²) in [4.78, 5) is 32.6. The smallest absolute Gasteiger partial charge is 0.347 e. The van der Waals surface area contributed by atoms with Crippen LogP contribution in [0.5, 0.6) is 0 Å². The van der Waals surface area contributed by atoms with E-state index >= 15 is 0 Å². The number of hydrogen-bond acceptors (Lipinski definition) is 6. The van der Waals surface area contributed by atoms with Gasteiger partial charge in [0.15, 0.2) is 11.3 Å². The molecule has 1 aromatic carbocycles. The Kier molecular flexibility index (Phi) is 6.48. The Labute approximate surface area is 224 Å². The quantitative estimate of drug-likeness (QED) is 0.276. The maximum absolute atomic E-state index is 14.5. The molecule has 0 unspecified atom stereocenters. The van der Waals surface area contributed by atoms with E-state index in [0.717, 1.165) is 43.8 Å². The van der Waals surface area contributed by atoms with E-state index in [9.17, 15) is 22.4 Å². The number of pyridine rings is 1. The molecular weight excluding hydrogens is 528 g/mol. The maximum atomic E-state index is 14.5. The van der Waals surface area contributed by atoms with Gasteiger partial charge in [-0.05, 0) is 54.3 Å². The molecule has 13 heteroatoms. The fraction of sp³-hybridized carbons (Fsp3) is 0.259. The number of carbonyl (C=O) groups excluding carboxylic acids is 1. The lowest BCUT2D eigenvalue weighted by atomic mass is 10.1. The van der Waals surface area contributed by atoms with Crippen LogP contribution in [0, 0.1) is 5.82 Å². The van der Waals surface area contributed by atoms with Crippen molar-refractivity contribution in [1.82, 2.24) is 40.0 Å². The van der Waals surface area contributed by atoms with Crippen LogP contribution in [0.3, 0.4) is 0 Å². The van der Waals surface area contributed by atoms with E-state index in [1.165, 1.54) is 35.4 Å². The van der Waals surface area contributed by atoms with E-state index in [1.54, 1.807) is 12.3 Å². The molecule has 1 aliphatic carbocycles. The molecule has 4 heterocycles. The number of alkyl halides is 3. The predicted molar refractivity (Wildman–Crippen MR) is 136 cm³/mol. The van der Waals surface area contributed by atoms with Crippen molar-refractivity contribution in [2.45, 2.75) is 44.3 Å². The van der Waals surface area contributed by atoms with E-state index < -0.39 is 23.6 Å². The van der Waals surface area contributed by atoms with Crippen LogP contribution in [0.25, 0.3) is 28.0 Å². The number of fused-ring (bicyclic) bond motifs is 1. The Bertz CT molecular complexity index is 1690. The van der Waals surface area contributed by atoms with Crippen molar-refractivity contribution in [2.24, 2.45) is 0 Å². The average Bonchev–Trinajstić information content (AvgIpc) is 3.71. The highest BCUT2D eigenvalue weighted by Gasteiger charge is 2.32. The molecule has 0 bridgehead atoms. The summed E-state index contributed by atoms with van der Waals surface area (Å²) < 4.78 is 54.3. The Morgan fingerprint density at radius 1 is 1.05 bits per heavy atom. The second-order valence-corrected chi connectivity index (χ2v) is 9.63. The van der Waals surface area contributed by atoms with Gasteiger partial charge in [-0.3, -0.25) is 4.79 Å². The highest BCUT2D eigenvalue weighted by molar-refractivity contribution is 6.02. The Morgan fingerprint density at radius 2 is 1.88 bits per heavy atom. The van der Waals surface area contributed by atoms with Gasteiger partial charge in [-0.25, -0.2) is 29.0 Å². The van der Waals surface area contributed by atoms with Crippen LogP contribution >= 0.6 is 0 Å². The number of amides is 1. The van der Waals surface area contributed by atoms with Gasteiger partial charge in [0.25, 0.3) is 5.91 Å². The zero-order valence-corrected chi connectivity index (χ0v) is 20.9. The molecule has 1 fully saturated rings. The van der Waals surface area contributed by atoms with E-state index in [1.807, 2.05) is 0 Å². The van der Waals surface area contributed by atoms with Gasteiger partial charge in [0.05, 0.1) is 18.1 Å². The monoisotopic (exact) mass is 550 g/mol. The summed E-state index contributed by atoms with van der Waals surface area (Å²) in [5.74, 6) is 0.146. The number of halogens is 4. The Morgan fingerprint density at radius 3 is 2.62 bits per heavy atom. The minimum Gasteiger partial charge on any atom is -0.347 e. The van der Waals surface area contributed by atoms with E-state index in [2.05, 4.69) is 35.3 Å². The largest absolute Gasteiger partial charge is 0.433 e. The first-order valence-electron chi connectivity index (χ1n) is 12.6. The number of H-pyrrole nitrogens is 1. The molecule has 6 rings (SSSR count). The molecule has 204 valence electrons. The van der Waals surface area contributed by atoms with Gasteiger partial charge in [0.1, 0.15) is 29.2 Å². The molecule has 0 aliphatic heterocycles. The fourth-order valence-electron chi connectivity index (χ4n) is 4.90. The first-order chi connectivity index (χ1) is 19.2. The van der Waals surface area contributed by atoms with Gasteiger partial charge in [0.2, 0.25) is 0 Å². The second kappa shape index (κ2) is 10.1. The van der Waals surface area contributed by atoms with Crippen LogP contribution in [0.15, 0.2) is 55.2 Å². The van der Waals surface area contributed by atoms with Gasteiger partial charge in [-0.15, -0.1) is 0 Å². The zero-order valence-electron chi connectivity index (χ0n) is 20.9. The van der Waals surface area contributed by atoms with Crippen molar-refractivity contribution in [1.29, 1.82) is 0 Å². The van der Waals surface area contributed by atoms with Crippen molar-refractivity contribution < 1.29 is 22.4 Å². The molecule has 1 aliphatic rings. The van der Waals surface area contributed by atoms with Gasteiger partial charge >= 0.3 is 6.18 Å². The van der Waals surface area contributed by atoms with Crippen molar-refractivity contribution in [3.05, 3.63) is 83.8 Å². The molecule has 0 spiro atoms. The standard InChI is InChI=1S/C27H22F4N8O/c28-19-8-15(7-17(9-19)18-11-36-39(13-18)20-5-6-21(32-12-20)27(29,30)31)10-33-26(40)23-22-25(35-14-34-23)38-24(37-22)16-3-1-2-4-16/h5-9,11-14,16H,1-4,10H2,(H,33,40)(H,34,35,37,38). The van der Waals surface area contributed by atoms with Crippen molar-refractivity contribution in [3.63, 3.8) is 0 Å². The molecule has 5 aromatic rings. The number of rotatable bonds is 6. The summed E-state index contributed by atoms with van der Waals surface area (Å²) in [6.07, 6.45) is 5.19. The van der Waals surface area contributed by atoms with E-state index in [4.69, 9.17) is 0 Å². The minimum absolute atomic E-state index is 0.0235. The van der Waals surface area contributed by atoms with Crippen LogP contribution in [0.1, 0.15) is 59.2 Å². The number of benzene rings is 1. The summed E-state index contributed by atoms with van der Waals surface area (Å²) in [5, 5.41) is 6.94. The molecule has 0 saturated heterocycles. The third kappa shape index (κ3) is 5.14. The first-order valence-corrected chi connectivity index (χ1v) is 12.6. The molecule has 2 N–H and O–H groups in total. The number of nitrogens with zero attached hydrogens (tertiary/aromatic N) is 6. The average molecular weight is 551 g/mol. The van der Waals surface area contributed by atoms with Gasteiger partial charge in [-0.2, -0.15) is 18.3 Å². The Balaban J connectivity index is 1.18. The van der Waals surface area contributed by atoms with E-state index in [0.29, 0.717) is 39.5 Å². The normalized spacial score (nSPS) is 14.2. The molecule has 9 nitrogen and oxygen atoms in total. The third-order valence-electron chi connectivity index (χ3n) is 6.89. The molecule has 1 saturated carbocycles. The minimum atomic E-state index is -4.54.